The largest absolute Gasteiger partial charge is 0.496 e. The Morgan fingerprint density at radius 2 is 2.19 bits per heavy atom. The second-order valence-electron chi connectivity index (χ2n) is 5.55. The number of hydrogen-bond donors (Lipinski definition) is 1. The van der Waals surface area contributed by atoms with Gasteiger partial charge in [-0.15, -0.1) is 0 Å². The van der Waals surface area contributed by atoms with E-state index in [1.54, 1.807) is 19.1 Å². The molecule has 0 aromatic heterocycles. The number of hydrogen-bond acceptors (Lipinski definition) is 4. The van der Waals surface area contributed by atoms with Crippen molar-refractivity contribution < 1.29 is 14.3 Å². The predicted molar refractivity (Wildman–Crippen MR) is 84.4 cm³/mol. The monoisotopic (exact) mass is 356 g/mol. The average Bonchev–Trinajstić information content (AvgIpc) is 2.43. The van der Waals surface area contributed by atoms with Gasteiger partial charge in [0.15, 0.2) is 0 Å². The number of likely N-dealkylation sites (N-methyl/N-ethyl adjacent to an activating group) is 1. The smallest absolute Gasteiger partial charge is 0.248 e. The van der Waals surface area contributed by atoms with Crippen LogP contribution in [0.4, 0.5) is 0 Å². The number of nitrogens with zero attached hydrogens (tertiary/aromatic N) is 1. The van der Waals surface area contributed by atoms with Gasteiger partial charge < -0.3 is 19.7 Å². The molecule has 1 aromatic carbocycles. The molecule has 1 amide bonds. The Morgan fingerprint density at radius 1 is 1.48 bits per heavy atom. The predicted octanol–water partition coefficient (Wildman–Crippen LogP) is 1.79. The first-order valence-corrected chi connectivity index (χ1v) is 7.64. The molecule has 21 heavy (non-hydrogen) atoms. The Balaban J connectivity index is 1.92. The number of amides is 1. The zero-order chi connectivity index (χ0) is 15.5. The number of carbonyl (C=O) groups is 1. The minimum atomic E-state index is -0.204. The molecule has 1 fully saturated rings. The number of rotatable bonds is 6. The maximum atomic E-state index is 12.1. The number of nitrogens with one attached hydrogen (secondary N) is 1. The third-order valence-electron chi connectivity index (χ3n) is 3.62. The van der Waals surface area contributed by atoms with Crippen LogP contribution >= 0.6 is 15.9 Å². The molecule has 0 spiro atoms. The van der Waals surface area contributed by atoms with Crippen molar-refractivity contribution in [2.45, 2.75) is 19.1 Å². The van der Waals surface area contributed by atoms with Gasteiger partial charge in [-0.3, -0.25) is 4.79 Å². The maximum Gasteiger partial charge on any atom is 0.248 e. The topological polar surface area (TPSA) is 50.8 Å². The van der Waals surface area contributed by atoms with Gasteiger partial charge in [0.2, 0.25) is 5.91 Å². The summed E-state index contributed by atoms with van der Waals surface area (Å²) < 4.78 is 12.0. The standard InChI is InChI=1S/C15H21BrN2O3/c1-15(9-17-10-15)21-8-14(19)18(2)7-11-6-12(16)4-5-13(11)20-3/h4-6,17H,7-10H2,1-3H3. The molecule has 0 saturated carbocycles. The maximum absolute atomic E-state index is 12.1. The highest BCUT2D eigenvalue weighted by molar-refractivity contribution is 9.10. The molecule has 1 aliphatic rings. The van der Waals surface area contributed by atoms with Crippen molar-refractivity contribution in [3.63, 3.8) is 0 Å². The Morgan fingerprint density at radius 3 is 2.76 bits per heavy atom. The molecular weight excluding hydrogens is 336 g/mol. The first-order valence-electron chi connectivity index (χ1n) is 6.84. The molecule has 0 unspecified atom stereocenters. The highest BCUT2D eigenvalue weighted by atomic mass is 79.9. The van der Waals surface area contributed by atoms with Crippen molar-refractivity contribution in [1.29, 1.82) is 0 Å². The van der Waals surface area contributed by atoms with Crippen LogP contribution in [-0.2, 0) is 16.1 Å². The number of benzene rings is 1. The van der Waals surface area contributed by atoms with Crippen molar-refractivity contribution in [2.24, 2.45) is 0 Å². The Labute approximate surface area is 133 Å². The fourth-order valence-electron chi connectivity index (χ4n) is 2.14. The lowest BCUT2D eigenvalue weighted by molar-refractivity contribution is -0.145. The van der Waals surface area contributed by atoms with Crippen molar-refractivity contribution >= 4 is 21.8 Å². The SMILES string of the molecule is COc1ccc(Br)cc1CN(C)C(=O)COC1(C)CNC1. The summed E-state index contributed by atoms with van der Waals surface area (Å²) in [6.07, 6.45) is 0. The molecule has 0 bridgehead atoms. The van der Waals surface area contributed by atoms with Crippen LogP contribution in [0.15, 0.2) is 22.7 Å². The fraction of sp³-hybridized carbons (Fsp3) is 0.533. The molecule has 2 rings (SSSR count). The molecule has 6 heteroatoms. The Bertz CT molecular complexity index is 518. The van der Waals surface area contributed by atoms with Gasteiger partial charge in [0.05, 0.1) is 12.7 Å². The second kappa shape index (κ2) is 6.77. The Hall–Kier alpha value is -1.11. The molecule has 0 atom stereocenters. The van der Waals surface area contributed by atoms with Gasteiger partial charge in [-0.1, -0.05) is 15.9 Å². The van der Waals surface area contributed by atoms with Crippen molar-refractivity contribution in [2.75, 3.05) is 33.9 Å². The first kappa shape index (κ1) is 16.3. The Kier molecular flexibility index (Phi) is 5.24. The van der Waals surface area contributed by atoms with Crippen LogP contribution in [-0.4, -0.2) is 50.3 Å². The highest BCUT2D eigenvalue weighted by Crippen LogP contribution is 2.24. The summed E-state index contributed by atoms with van der Waals surface area (Å²) in [5, 5.41) is 3.14. The van der Waals surface area contributed by atoms with E-state index in [1.165, 1.54) is 0 Å². The van der Waals surface area contributed by atoms with E-state index in [4.69, 9.17) is 9.47 Å². The van der Waals surface area contributed by atoms with E-state index in [1.807, 2.05) is 25.1 Å². The molecule has 1 aliphatic heterocycles. The number of ether oxygens (including phenoxy) is 2. The third kappa shape index (κ3) is 4.18. The minimum absolute atomic E-state index is 0.0369. The number of methoxy groups -OCH3 is 1. The van der Waals surface area contributed by atoms with E-state index >= 15 is 0 Å². The summed E-state index contributed by atoms with van der Waals surface area (Å²) in [7, 11) is 3.40. The van der Waals surface area contributed by atoms with Crippen molar-refractivity contribution in [1.82, 2.24) is 10.2 Å². The molecule has 5 nitrogen and oxygen atoms in total. The summed E-state index contributed by atoms with van der Waals surface area (Å²) >= 11 is 3.44. The molecule has 1 saturated heterocycles. The van der Waals surface area contributed by atoms with E-state index in [0.717, 1.165) is 28.9 Å². The lowest BCUT2D eigenvalue weighted by Gasteiger charge is -2.39. The van der Waals surface area contributed by atoms with Crippen LogP contribution in [0.25, 0.3) is 0 Å². The summed E-state index contributed by atoms with van der Waals surface area (Å²) in [4.78, 5) is 13.8. The van der Waals surface area contributed by atoms with Crippen LogP contribution in [0.3, 0.4) is 0 Å². The highest BCUT2D eigenvalue weighted by Gasteiger charge is 2.33. The van der Waals surface area contributed by atoms with E-state index in [-0.39, 0.29) is 18.1 Å². The van der Waals surface area contributed by atoms with Crippen LogP contribution in [0.1, 0.15) is 12.5 Å². The number of halogens is 1. The molecule has 1 N–H and O–H groups in total. The van der Waals surface area contributed by atoms with Crippen LogP contribution in [0.2, 0.25) is 0 Å². The van der Waals surface area contributed by atoms with Crippen LogP contribution in [0, 0.1) is 0 Å². The van der Waals surface area contributed by atoms with E-state index in [2.05, 4.69) is 21.2 Å². The zero-order valence-electron chi connectivity index (χ0n) is 12.6. The summed E-state index contributed by atoms with van der Waals surface area (Å²) in [5.41, 5.74) is 0.753. The van der Waals surface area contributed by atoms with E-state index in [0.29, 0.717) is 6.54 Å². The molecule has 1 heterocycles. The zero-order valence-corrected chi connectivity index (χ0v) is 14.2. The van der Waals surface area contributed by atoms with Gasteiger partial charge in [0.25, 0.3) is 0 Å². The van der Waals surface area contributed by atoms with Gasteiger partial charge in [-0.05, 0) is 25.1 Å². The minimum Gasteiger partial charge on any atom is -0.496 e. The van der Waals surface area contributed by atoms with Crippen molar-refractivity contribution in [3.05, 3.63) is 28.2 Å². The third-order valence-corrected chi connectivity index (χ3v) is 4.11. The van der Waals surface area contributed by atoms with E-state index < -0.39 is 0 Å². The first-order chi connectivity index (χ1) is 9.93. The summed E-state index contributed by atoms with van der Waals surface area (Å²) in [6, 6.07) is 5.76. The van der Waals surface area contributed by atoms with Gasteiger partial charge >= 0.3 is 0 Å². The average molecular weight is 357 g/mol. The van der Waals surface area contributed by atoms with Gasteiger partial charge in [-0.2, -0.15) is 0 Å². The molecule has 0 aliphatic carbocycles. The molecular formula is C15H21BrN2O3. The second-order valence-corrected chi connectivity index (χ2v) is 6.46. The lowest BCUT2D eigenvalue weighted by atomic mass is 10.0. The normalized spacial score (nSPS) is 16.2. The van der Waals surface area contributed by atoms with Gasteiger partial charge in [-0.25, -0.2) is 0 Å². The van der Waals surface area contributed by atoms with Gasteiger partial charge in [0.1, 0.15) is 12.4 Å². The molecule has 0 radical (unpaired) electrons. The summed E-state index contributed by atoms with van der Waals surface area (Å²) in [5.74, 6) is 0.735. The van der Waals surface area contributed by atoms with E-state index in [9.17, 15) is 4.79 Å². The molecule has 1 aromatic rings. The molecule has 116 valence electrons. The quantitative estimate of drug-likeness (QED) is 0.844. The van der Waals surface area contributed by atoms with Gasteiger partial charge in [0, 0.05) is 36.7 Å². The number of carbonyl (C=O) groups excluding carboxylic acids is 1. The fourth-order valence-corrected chi connectivity index (χ4v) is 2.55. The lowest BCUT2D eigenvalue weighted by Crippen LogP contribution is -2.59. The van der Waals surface area contributed by atoms with Crippen LogP contribution in [0.5, 0.6) is 5.75 Å². The van der Waals surface area contributed by atoms with Crippen LogP contribution < -0.4 is 10.1 Å². The van der Waals surface area contributed by atoms with Crippen molar-refractivity contribution in [3.8, 4) is 5.75 Å². The summed E-state index contributed by atoms with van der Waals surface area (Å²) in [6.45, 7) is 4.19.